The Hall–Kier alpha value is -3.65. The van der Waals surface area contributed by atoms with E-state index in [2.05, 4.69) is 17.1 Å². The fraction of sp³-hybridized carbons (Fsp3) is 0.231. The van der Waals surface area contributed by atoms with Gasteiger partial charge in [0.25, 0.3) is 0 Å². The van der Waals surface area contributed by atoms with Gasteiger partial charge in [0.2, 0.25) is 0 Å². The number of rotatable bonds is 4. The number of nitrogens with zero attached hydrogens (tertiary/aromatic N) is 4. The fourth-order valence-electron chi connectivity index (χ4n) is 4.32. The number of hydrogen-bond donors (Lipinski definition) is 1. The van der Waals surface area contributed by atoms with Gasteiger partial charge in [-0.05, 0) is 44.9 Å². The zero-order chi connectivity index (χ0) is 24.1. The molecule has 4 aromatic rings. The maximum Gasteiger partial charge on any atom is 0.308 e. The van der Waals surface area contributed by atoms with Gasteiger partial charge in [0.15, 0.2) is 5.82 Å². The van der Waals surface area contributed by atoms with Crippen molar-refractivity contribution in [1.29, 1.82) is 0 Å². The van der Waals surface area contributed by atoms with Crippen molar-refractivity contribution in [3.05, 3.63) is 87.6 Å². The van der Waals surface area contributed by atoms with Gasteiger partial charge in [0.1, 0.15) is 22.7 Å². The maximum absolute atomic E-state index is 14.3. The predicted octanol–water partition coefficient (Wildman–Crippen LogP) is 5.67. The van der Waals surface area contributed by atoms with E-state index in [0.29, 0.717) is 22.9 Å². The Balaban J connectivity index is 1.72. The number of fused-ring (bicyclic) bond motifs is 3. The van der Waals surface area contributed by atoms with Gasteiger partial charge in [-0.1, -0.05) is 42.5 Å². The van der Waals surface area contributed by atoms with Crippen LogP contribution in [0, 0.1) is 32.5 Å². The first-order valence-electron chi connectivity index (χ1n) is 11.0. The summed E-state index contributed by atoms with van der Waals surface area (Å²) in [5.41, 5.74) is 4.86. The zero-order valence-electron chi connectivity index (χ0n) is 19.2. The topological polar surface area (TPSA) is 80.4 Å². The Morgan fingerprint density at radius 2 is 1.74 bits per heavy atom. The summed E-state index contributed by atoms with van der Waals surface area (Å²) >= 11 is 1.62. The number of halogens is 1. The standard InChI is InChI=1S/C26H23FN4O2S/c1-13-15(3)34-25-21(13)23(18-11-9-17(10-12-18)19-7-5-6-8-20(19)27)28-22(14(2)26(32)33)24-30-29-16(4)31(24)25/h5-12,14,22H,1-4H3,(H,32,33)/t14?,22-/m0/s1. The SMILES string of the molecule is Cc1sc2c(c1C)C(c1ccc(-c3ccccc3F)cc1)=N[C@@H](C(C)C(=O)O)c1nnc(C)n1-2. The number of hydrogen-bond acceptors (Lipinski definition) is 5. The lowest BCUT2D eigenvalue weighted by molar-refractivity contribution is -0.141. The van der Waals surface area contributed by atoms with E-state index in [0.717, 1.165) is 32.1 Å². The first-order chi connectivity index (χ1) is 16.3. The van der Waals surface area contributed by atoms with Crippen LogP contribution in [-0.2, 0) is 4.79 Å². The molecule has 0 bridgehead atoms. The van der Waals surface area contributed by atoms with Gasteiger partial charge in [-0.2, -0.15) is 0 Å². The van der Waals surface area contributed by atoms with Crippen molar-refractivity contribution in [3.63, 3.8) is 0 Å². The molecule has 0 saturated carbocycles. The molecule has 1 aliphatic heterocycles. The summed E-state index contributed by atoms with van der Waals surface area (Å²) < 4.78 is 16.3. The summed E-state index contributed by atoms with van der Waals surface area (Å²) in [7, 11) is 0. The Kier molecular flexibility index (Phi) is 5.40. The molecular weight excluding hydrogens is 451 g/mol. The van der Waals surface area contributed by atoms with Gasteiger partial charge >= 0.3 is 5.97 Å². The minimum Gasteiger partial charge on any atom is -0.481 e. The van der Waals surface area contributed by atoms with Crippen LogP contribution in [0.3, 0.4) is 0 Å². The van der Waals surface area contributed by atoms with Crippen LogP contribution in [0.4, 0.5) is 4.39 Å². The summed E-state index contributed by atoms with van der Waals surface area (Å²) in [6.07, 6.45) is 0. The van der Waals surface area contributed by atoms with Crippen LogP contribution in [0.15, 0.2) is 53.5 Å². The van der Waals surface area contributed by atoms with Crippen LogP contribution in [0.2, 0.25) is 0 Å². The van der Waals surface area contributed by atoms with Gasteiger partial charge in [-0.3, -0.25) is 14.4 Å². The third kappa shape index (κ3) is 3.45. The molecule has 2 aromatic carbocycles. The number of aliphatic imine (C=N–C) groups is 1. The molecule has 5 rings (SSSR count). The highest BCUT2D eigenvalue weighted by molar-refractivity contribution is 7.15. The van der Waals surface area contributed by atoms with Gasteiger partial charge < -0.3 is 5.11 Å². The minimum atomic E-state index is -0.951. The monoisotopic (exact) mass is 474 g/mol. The first kappa shape index (κ1) is 22.2. The molecule has 2 atom stereocenters. The number of aliphatic carboxylic acids is 1. The molecule has 0 amide bonds. The van der Waals surface area contributed by atoms with Gasteiger partial charge in [-0.25, -0.2) is 4.39 Å². The Bertz CT molecular complexity index is 1450. The Morgan fingerprint density at radius 3 is 2.41 bits per heavy atom. The Morgan fingerprint density at radius 1 is 1.06 bits per heavy atom. The second-order valence-electron chi connectivity index (χ2n) is 8.51. The number of carboxylic acids is 1. The molecule has 1 unspecified atom stereocenters. The maximum atomic E-state index is 14.3. The van der Waals surface area contributed by atoms with E-state index in [-0.39, 0.29) is 5.82 Å². The molecule has 0 fully saturated rings. The quantitative estimate of drug-likeness (QED) is 0.413. The largest absolute Gasteiger partial charge is 0.481 e. The smallest absolute Gasteiger partial charge is 0.308 e. The van der Waals surface area contributed by atoms with Crippen LogP contribution in [0.25, 0.3) is 16.1 Å². The van der Waals surface area contributed by atoms with Crippen LogP contribution >= 0.6 is 11.3 Å². The van der Waals surface area contributed by atoms with E-state index in [9.17, 15) is 14.3 Å². The molecule has 172 valence electrons. The van der Waals surface area contributed by atoms with Crippen molar-refractivity contribution < 1.29 is 14.3 Å². The van der Waals surface area contributed by atoms with Crippen LogP contribution in [0.5, 0.6) is 0 Å². The van der Waals surface area contributed by atoms with Crippen molar-refractivity contribution in [2.75, 3.05) is 0 Å². The molecule has 1 aliphatic rings. The predicted molar refractivity (Wildman–Crippen MR) is 130 cm³/mol. The molecule has 0 spiro atoms. The molecule has 0 saturated heterocycles. The third-order valence-corrected chi connectivity index (χ3v) is 7.59. The lowest BCUT2D eigenvalue weighted by Gasteiger charge is -2.16. The fourth-order valence-corrected chi connectivity index (χ4v) is 5.53. The molecule has 8 heteroatoms. The summed E-state index contributed by atoms with van der Waals surface area (Å²) in [5.74, 6) is -0.824. The molecular formula is C26H23FN4O2S. The van der Waals surface area contributed by atoms with Crippen molar-refractivity contribution >= 4 is 23.0 Å². The van der Waals surface area contributed by atoms with E-state index in [1.54, 1.807) is 36.5 Å². The number of benzene rings is 2. The lowest BCUT2D eigenvalue weighted by Crippen LogP contribution is -2.21. The highest BCUT2D eigenvalue weighted by Gasteiger charge is 2.36. The second kappa shape index (κ2) is 8.29. The highest BCUT2D eigenvalue weighted by Crippen LogP contribution is 2.40. The number of aromatic nitrogens is 3. The van der Waals surface area contributed by atoms with E-state index in [1.165, 1.54) is 6.07 Å². The molecule has 0 aliphatic carbocycles. The lowest BCUT2D eigenvalue weighted by atomic mass is 9.96. The van der Waals surface area contributed by atoms with Crippen LogP contribution in [-0.4, -0.2) is 31.6 Å². The van der Waals surface area contributed by atoms with Gasteiger partial charge in [-0.15, -0.1) is 21.5 Å². The van der Waals surface area contributed by atoms with Crippen molar-refractivity contribution in [2.24, 2.45) is 10.9 Å². The summed E-state index contributed by atoms with van der Waals surface area (Å²) in [6, 6.07) is 13.5. The van der Waals surface area contributed by atoms with E-state index >= 15 is 0 Å². The highest BCUT2D eigenvalue weighted by atomic mass is 32.1. The molecule has 2 aromatic heterocycles. The van der Waals surface area contributed by atoms with Crippen LogP contribution in [0.1, 0.15) is 46.2 Å². The number of aryl methyl sites for hydroxylation is 2. The zero-order valence-corrected chi connectivity index (χ0v) is 20.0. The van der Waals surface area contributed by atoms with E-state index < -0.39 is 17.9 Å². The van der Waals surface area contributed by atoms with E-state index in [4.69, 9.17) is 4.99 Å². The molecule has 34 heavy (non-hydrogen) atoms. The average Bonchev–Trinajstić information content (AvgIpc) is 3.29. The molecule has 0 radical (unpaired) electrons. The normalized spacial score (nSPS) is 15.8. The minimum absolute atomic E-state index is 0.280. The molecule has 1 N–H and O–H groups in total. The Labute approximate surface area is 200 Å². The molecule has 3 heterocycles. The number of carbonyl (C=O) groups is 1. The summed E-state index contributed by atoms with van der Waals surface area (Å²) in [4.78, 5) is 18.1. The second-order valence-corrected chi connectivity index (χ2v) is 9.71. The molecule has 6 nitrogen and oxygen atoms in total. The summed E-state index contributed by atoms with van der Waals surface area (Å²) in [6.45, 7) is 7.61. The van der Waals surface area contributed by atoms with Gasteiger partial charge in [0, 0.05) is 21.6 Å². The van der Waals surface area contributed by atoms with Crippen LogP contribution < -0.4 is 0 Å². The average molecular weight is 475 g/mol. The number of thiophene rings is 1. The van der Waals surface area contributed by atoms with Gasteiger partial charge in [0.05, 0.1) is 11.6 Å². The third-order valence-electron chi connectivity index (χ3n) is 6.40. The first-order valence-corrected chi connectivity index (χ1v) is 11.8. The van der Waals surface area contributed by atoms with Crippen molar-refractivity contribution in [1.82, 2.24) is 14.8 Å². The summed E-state index contributed by atoms with van der Waals surface area (Å²) in [5, 5.41) is 19.3. The number of carboxylic acid groups (broad SMARTS) is 1. The van der Waals surface area contributed by atoms with Crippen molar-refractivity contribution in [3.8, 4) is 16.1 Å². The van der Waals surface area contributed by atoms with E-state index in [1.807, 2.05) is 42.7 Å². The van der Waals surface area contributed by atoms with Crippen molar-refractivity contribution in [2.45, 2.75) is 33.7 Å².